The molecule has 0 aliphatic heterocycles. The predicted octanol–water partition coefficient (Wildman–Crippen LogP) is 3.56. The molecule has 0 aliphatic rings. The molecule has 204 valence electrons. The maximum absolute atomic E-state index is 9.37. The van der Waals surface area contributed by atoms with Gasteiger partial charge in [-0.3, -0.25) is 0 Å². The average molecular weight is 502 g/mol. The fourth-order valence-corrected chi connectivity index (χ4v) is 2.08. The third-order valence-corrected chi connectivity index (χ3v) is 3.70. The van der Waals surface area contributed by atoms with Crippen molar-refractivity contribution >= 4 is 5.69 Å². The summed E-state index contributed by atoms with van der Waals surface area (Å²) in [5.74, 6) is 5.10. The van der Waals surface area contributed by atoms with Crippen LogP contribution in [0.1, 0.15) is 38.8 Å². The molecular weight excluding hydrogens is 454 g/mol. The minimum Gasteiger partial charge on any atom is -0.504 e. The molecule has 0 amide bonds. The highest BCUT2D eigenvalue weighted by Gasteiger charge is 2.17. The second kappa shape index (κ2) is 25.4. The van der Waals surface area contributed by atoms with E-state index in [-0.39, 0.29) is 24.2 Å². The first-order chi connectivity index (χ1) is 16.6. The molecule has 0 fully saturated rings. The summed E-state index contributed by atoms with van der Waals surface area (Å²) >= 11 is 0. The van der Waals surface area contributed by atoms with Gasteiger partial charge in [-0.1, -0.05) is 26.0 Å². The summed E-state index contributed by atoms with van der Waals surface area (Å²) in [7, 11) is 3.25. The van der Waals surface area contributed by atoms with E-state index in [9.17, 15) is 15.3 Å². The summed E-state index contributed by atoms with van der Waals surface area (Å²) < 4.78 is 4.93. The number of nitrogens with two attached hydrogens (primary N) is 2. The highest BCUT2D eigenvalue weighted by Crippen LogP contribution is 2.44. The number of phenols is 3. The van der Waals surface area contributed by atoms with Crippen LogP contribution in [0.15, 0.2) is 37.4 Å². The lowest BCUT2D eigenvalue weighted by Gasteiger charge is -2.13. The number of ether oxygens (including phenoxy) is 1. The lowest BCUT2D eigenvalue weighted by atomic mass is 10.1. The number of hydrogen-bond acceptors (Lipinski definition) is 10. The maximum Gasteiger partial charge on any atom is 0.200 e. The zero-order valence-electron chi connectivity index (χ0n) is 22.4. The van der Waals surface area contributed by atoms with E-state index in [2.05, 4.69) is 23.3 Å². The number of aliphatic hydroxyl groups excluding tert-OH is 2. The first-order valence-electron chi connectivity index (χ1n) is 11.0. The first-order valence-corrected chi connectivity index (χ1v) is 11.0. The van der Waals surface area contributed by atoms with Crippen LogP contribution in [-0.4, -0.2) is 58.9 Å². The molecule has 0 aliphatic carbocycles. The van der Waals surface area contributed by atoms with Crippen molar-refractivity contribution in [1.82, 2.24) is 0 Å². The molecule has 0 aromatic heterocycles. The largest absolute Gasteiger partial charge is 0.504 e. The number of hydrogen-bond donors (Lipinski definition) is 8. The van der Waals surface area contributed by atoms with Crippen molar-refractivity contribution in [1.29, 1.82) is 0 Å². The van der Waals surface area contributed by atoms with Gasteiger partial charge in [0.15, 0.2) is 23.0 Å². The summed E-state index contributed by atoms with van der Waals surface area (Å²) in [5, 5.41) is 46.7. The van der Waals surface area contributed by atoms with Gasteiger partial charge in [0.05, 0.1) is 13.2 Å². The molecule has 2 aromatic rings. The van der Waals surface area contributed by atoms with Crippen LogP contribution in [0.5, 0.6) is 28.7 Å². The molecule has 0 radical (unpaired) electrons. The standard InChI is InChI=1S/C9H13NO3.C7H9NO2.C3H9NO.C2H6O.C2H6.C2H4/c1-4-6(10-3)5(2)8(12)9(13)7(4)11;1-9-6-4-2-3-5-7(6)10-8;1-3(5)2-4;1-2-3;2*1-2/h10-13H,1-3H3;2-5H,8H2,1H3;3,5H,2,4H2,1H3;3H,2H2,1H3;1-2H3;1-2H2. The normalized spacial score (nSPS) is 9.26. The number of rotatable bonds is 4. The number of nitrogens with one attached hydrogen (secondary N) is 1. The maximum atomic E-state index is 9.37. The van der Waals surface area contributed by atoms with Gasteiger partial charge in [0, 0.05) is 37.0 Å². The minimum atomic E-state index is -0.464. The Morgan fingerprint density at radius 3 is 1.54 bits per heavy atom. The van der Waals surface area contributed by atoms with Crippen molar-refractivity contribution in [2.24, 2.45) is 11.6 Å². The number of aromatic hydroxyl groups is 3. The Morgan fingerprint density at radius 1 is 0.971 bits per heavy atom. The number of aliphatic hydroxyl groups is 2. The third kappa shape index (κ3) is 16.1. The Kier molecular flexibility index (Phi) is 28.4. The van der Waals surface area contributed by atoms with Gasteiger partial charge in [-0.15, -0.1) is 13.2 Å². The zero-order chi connectivity index (χ0) is 28.6. The lowest BCUT2D eigenvalue weighted by molar-refractivity contribution is 0.203. The quantitative estimate of drug-likeness (QED) is 0.133. The van der Waals surface area contributed by atoms with Gasteiger partial charge in [0.1, 0.15) is 0 Å². The van der Waals surface area contributed by atoms with Crippen LogP contribution in [0, 0.1) is 13.8 Å². The molecule has 0 heterocycles. The SMILES string of the molecule is C=C.CC.CC(O)CN.CCO.CNc1c(C)c(O)c(O)c(O)c1C.COc1ccccc1ON. The van der Waals surface area contributed by atoms with Crippen LogP contribution >= 0.6 is 0 Å². The average Bonchev–Trinajstić information content (AvgIpc) is 2.90. The Morgan fingerprint density at radius 2 is 1.31 bits per heavy atom. The van der Waals surface area contributed by atoms with Crippen LogP contribution in [0.2, 0.25) is 0 Å². The van der Waals surface area contributed by atoms with Crippen LogP contribution < -0.4 is 26.5 Å². The van der Waals surface area contributed by atoms with E-state index in [0.717, 1.165) is 0 Å². The summed E-state index contributed by atoms with van der Waals surface area (Å²) in [4.78, 5) is 4.51. The van der Waals surface area contributed by atoms with Gasteiger partial charge >= 0.3 is 0 Å². The molecule has 0 bridgehead atoms. The van der Waals surface area contributed by atoms with Crippen molar-refractivity contribution < 1.29 is 35.1 Å². The Bertz CT molecular complexity index is 721. The van der Waals surface area contributed by atoms with E-state index in [0.29, 0.717) is 34.9 Å². The summed E-state index contributed by atoms with van der Waals surface area (Å²) in [5.41, 5.74) is 6.60. The van der Waals surface area contributed by atoms with Crippen molar-refractivity contribution in [3.8, 4) is 28.7 Å². The highest BCUT2D eigenvalue weighted by atomic mass is 16.6. The van der Waals surface area contributed by atoms with Crippen LogP contribution in [0.25, 0.3) is 0 Å². The molecule has 2 rings (SSSR count). The molecule has 10 heteroatoms. The highest BCUT2D eigenvalue weighted by molar-refractivity contribution is 5.71. The van der Waals surface area contributed by atoms with Crippen molar-refractivity contribution in [2.75, 3.05) is 32.6 Å². The summed E-state index contributed by atoms with van der Waals surface area (Å²) in [6.45, 7) is 17.3. The van der Waals surface area contributed by atoms with Gasteiger partial charge in [0.25, 0.3) is 0 Å². The predicted molar refractivity (Wildman–Crippen MR) is 144 cm³/mol. The van der Waals surface area contributed by atoms with Crippen LogP contribution in [0.3, 0.4) is 0 Å². The van der Waals surface area contributed by atoms with E-state index >= 15 is 0 Å². The van der Waals surface area contributed by atoms with Gasteiger partial charge in [-0.2, -0.15) is 5.90 Å². The second-order valence-corrected chi connectivity index (χ2v) is 6.09. The fourth-order valence-electron chi connectivity index (χ4n) is 2.08. The van der Waals surface area contributed by atoms with Crippen molar-refractivity contribution in [3.63, 3.8) is 0 Å². The Hall–Kier alpha value is -3.18. The number of methoxy groups -OCH3 is 1. The fraction of sp³-hybridized carbons (Fsp3) is 0.440. The number of phenolic OH excluding ortho intramolecular Hbond substituents is 3. The van der Waals surface area contributed by atoms with Crippen molar-refractivity contribution in [3.05, 3.63) is 48.6 Å². The zero-order valence-corrected chi connectivity index (χ0v) is 22.4. The molecule has 1 atom stereocenters. The first kappa shape index (κ1) is 39.1. The lowest BCUT2D eigenvalue weighted by Crippen LogP contribution is -2.14. The van der Waals surface area contributed by atoms with Gasteiger partial charge in [-0.05, 0) is 39.8 Å². The summed E-state index contributed by atoms with van der Waals surface area (Å²) in [6, 6.07) is 7.19. The molecule has 10 nitrogen and oxygen atoms in total. The molecule has 0 spiro atoms. The second-order valence-electron chi connectivity index (χ2n) is 6.09. The van der Waals surface area contributed by atoms with E-state index in [1.807, 2.05) is 26.0 Å². The monoisotopic (exact) mass is 501 g/mol. The molecular formula is C25H47N3O7. The van der Waals surface area contributed by atoms with E-state index in [1.54, 1.807) is 54.0 Å². The van der Waals surface area contributed by atoms with Crippen LogP contribution in [0.4, 0.5) is 5.69 Å². The topological polar surface area (TPSA) is 184 Å². The minimum absolute atomic E-state index is 0.250. The molecule has 0 saturated heterocycles. The Balaban J connectivity index is -0.000000193. The molecule has 2 aromatic carbocycles. The Labute approximate surface area is 210 Å². The van der Waals surface area contributed by atoms with E-state index in [4.69, 9.17) is 26.6 Å². The molecule has 1 unspecified atom stereocenters. The smallest absolute Gasteiger partial charge is 0.200 e. The number of para-hydroxylation sites is 2. The number of benzene rings is 2. The number of anilines is 1. The van der Waals surface area contributed by atoms with E-state index < -0.39 is 5.75 Å². The van der Waals surface area contributed by atoms with E-state index in [1.165, 1.54) is 0 Å². The van der Waals surface area contributed by atoms with Gasteiger partial charge in [0.2, 0.25) is 5.75 Å². The van der Waals surface area contributed by atoms with Crippen LogP contribution in [-0.2, 0) is 0 Å². The summed E-state index contributed by atoms with van der Waals surface area (Å²) in [6.07, 6.45) is -0.338. The third-order valence-electron chi connectivity index (χ3n) is 3.70. The molecule has 35 heavy (non-hydrogen) atoms. The molecule has 10 N–H and O–H groups in total. The molecule has 0 saturated carbocycles. The van der Waals surface area contributed by atoms with Gasteiger partial charge in [-0.25, -0.2) is 0 Å². The van der Waals surface area contributed by atoms with Gasteiger partial charge < -0.3 is 46.2 Å². The van der Waals surface area contributed by atoms with Crippen molar-refractivity contribution in [2.45, 2.75) is 47.6 Å².